The van der Waals surface area contributed by atoms with Gasteiger partial charge < -0.3 is 39.3 Å². The van der Waals surface area contributed by atoms with Crippen LogP contribution in [-0.4, -0.2) is 172 Å². The number of aryl methyl sites for hydroxylation is 2. The Labute approximate surface area is 614 Å². The zero-order chi connectivity index (χ0) is 76.1. The molecule has 5 aromatic carbocycles. The van der Waals surface area contributed by atoms with Gasteiger partial charge in [0.1, 0.15) is 16.8 Å². The summed E-state index contributed by atoms with van der Waals surface area (Å²) in [7, 11) is -3.29. The van der Waals surface area contributed by atoms with Gasteiger partial charge in [-0.05, 0) is 182 Å². The zero-order valence-electron chi connectivity index (χ0n) is 62.2. The van der Waals surface area contributed by atoms with Crippen molar-refractivity contribution >= 4 is 48.1 Å². The van der Waals surface area contributed by atoms with Gasteiger partial charge in [0.15, 0.2) is 0 Å². The van der Waals surface area contributed by atoms with Crippen LogP contribution in [0.15, 0.2) is 186 Å². The summed E-state index contributed by atoms with van der Waals surface area (Å²) in [6.45, 7) is 25.2. The lowest BCUT2D eigenvalue weighted by Gasteiger charge is -2.28. The summed E-state index contributed by atoms with van der Waals surface area (Å²) in [4.78, 5) is 41.5. The number of amides is 3. The van der Waals surface area contributed by atoms with E-state index in [0.29, 0.717) is 32.1 Å². The van der Waals surface area contributed by atoms with Crippen molar-refractivity contribution in [3.05, 3.63) is 187 Å². The first-order chi connectivity index (χ1) is 49.2. The van der Waals surface area contributed by atoms with Gasteiger partial charge >= 0.3 is 18.3 Å². The lowest BCUT2D eigenvalue weighted by molar-refractivity contribution is 0.0171. The first-order valence-electron chi connectivity index (χ1n) is 35.3. The third-order valence-corrected chi connectivity index (χ3v) is 18.9. The van der Waals surface area contributed by atoms with Crippen molar-refractivity contribution in [3.63, 3.8) is 0 Å². The molecule has 4 fully saturated rings. The molecule has 3 aromatic heterocycles. The predicted octanol–water partition coefficient (Wildman–Crippen LogP) is 15.3. The number of aromatic amines is 1. The average molecular weight is 1480 g/mol. The van der Waals surface area contributed by atoms with Crippen molar-refractivity contribution < 1.29 is 60.5 Å². The van der Waals surface area contributed by atoms with Crippen LogP contribution in [0.3, 0.4) is 0 Å². The van der Waals surface area contributed by atoms with Crippen LogP contribution >= 0.6 is 10.7 Å². The second-order valence-corrected chi connectivity index (χ2v) is 32.3. The van der Waals surface area contributed by atoms with Gasteiger partial charge in [0.05, 0.1) is 79.8 Å². The van der Waals surface area contributed by atoms with Crippen LogP contribution in [0.25, 0.3) is 33.8 Å². The number of halogens is 2. The summed E-state index contributed by atoms with van der Waals surface area (Å²) in [5, 5.41) is 28.6. The van der Waals surface area contributed by atoms with Gasteiger partial charge in [-0.15, -0.1) is 0 Å². The Morgan fingerprint density at radius 1 is 0.553 bits per heavy atom. The van der Waals surface area contributed by atoms with Gasteiger partial charge in [-0.2, -0.15) is 23.7 Å². The highest BCUT2D eigenvalue weighted by Gasteiger charge is 2.36. The summed E-state index contributed by atoms with van der Waals surface area (Å²) in [6.07, 6.45) is 12.7. The summed E-state index contributed by atoms with van der Waals surface area (Å²) >= 11 is 0. The number of aliphatic hydroxyl groups is 1. The molecule has 4 saturated heterocycles. The molecule has 0 radical (unpaired) electrons. The van der Waals surface area contributed by atoms with Gasteiger partial charge in [-0.1, -0.05) is 126 Å². The van der Waals surface area contributed by atoms with E-state index in [9.17, 15) is 35.6 Å². The van der Waals surface area contributed by atoms with Gasteiger partial charge in [-0.25, -0.2) is 22.8 Å². The average Bonchev–Trinajstić information content (AvgIpc) is 1.65. The summed E-state index contributed by atoms with van der Waals surface area (Å²) in [6, 6.07) is 49.9. The van der Waals surface area contributed by atoms with Crippen molar-refractivity contribution in [3.8, 4) is 33.8 Å². The first-order valence-corrected chi connectivity index (χ1v) is 38.3. The van der Waals surface area contributed by atoms with E-state index in [1.165, 1.54) is 48.2 Å². The maximum absolute atomic E-state index is 12.4. The molecule has 0 aliphatic carbocycles. The van der Waals surface area contributed by atoms with E-state index >= 15 is 0 Å². The third-order valence-electron chi connectivity index (χ3n) is 16.2. The molecular weight excluding hydrogens is 1380 g/mol. The highest BCUT2D eigenvalue weighted by Crippen LogP contribution is 2.27. The molecule has 0 saturated carbocycles. The minimum absolute atomic E-state index is 0.0270. The number of alkyl halides is 1. The normalized spacial score (nSPS) is 17.3. The Hall–Kier alpha value is -8.46. The number of rotatable bonds is 13. The fraction of sp³-hybridized carbons (Fsp3) is 0.455. The number of aromatic nitrogens is 6. The van der Waals surface area contributed by atoms with Crippen molar-refractivity contribution in [2.45, 2.75) is 191 Å². The SMILES string of the molecule is CC(C)(C)OC(=O)N1CCC[C@H]1CO.CC(C)(C)OC(=O)N1CCC[C@H]1Cn1ccc(-c2ccccc2)n1.Cc1ccc(S(=O)(=O)Cl)cc1.Cc1ccc(S(=O)(=O)OC[C@@H]2CCCN2C(=O)OC(C)(C)C)cc1.[2H]CF.c1ccc(-c2ccn(C[C@@H]3CCCN3)n2)cc1.c1ccc(-c2ccn[nH]2)cc1. The minimum atomic E-state index is -3.83. The molecule has 7 heterocycles. The molecule has 4 aliphatic rings. The lowest BCUT2D eigenvalue weighted by atomic mass is 10.2. The molecule has 0 unspecified atom stereocenters. The molecule has 103 heavy (non-hydrogen) atoms. The number of likely N-dealkylation sites (tertiary alicyclic amines) is 3. The van der Waals surface area contributed by atoms with Crippen LogP contribution in [0.1, 0.15) is 126 Å². The van der Waals surface area contributed by atoms with Crippen LogP contribution in [0.4, 0.5) is 18.8 Å². The summed E-state index contributed by atoms with van der Waals surface area (Å²) < 4.78 is 86.7. The fourth-order valence-corrected chi connectivity index (χ4v) is 12.9. The number of nitrogens with zero attached hydrogens (tertiary/aromatic N) is 8. The molecule has 0 spiro atoms. The zero-order valence-corrected chi connectivity index (χ0v) is 63.6. The number of H-pyrrole nitrogens is 1. The van der Waals surface area contributed by atoms with E-state index in [1.54, 1.807) is 61.0 Å². The van der Waals surface area contributed by atoms with Crippen molar-refractivity contribution in [2.75, 3.05) is 46.5 Å². The van der Waals surface area contributed by atoms with E-state index < -0.39 is 49.2 Å². The van der Waals surface area contributed by atoms with Gasteiger partial charge in [0.25, 0.3) is 19.2 Å². The van der Waals surface area contributed by atoms with E-state index in [0.717, 1.165) is 85.5 Å². The van der Waals surface area contributed by atoms with E-state index in [1.807, 2.05) is 155 Å². The molecule has 560 valence electrons. The Morgan fingerprint density at radius 2 is 0.961 bits per heavy atom. The first kappa shape index (κ1) is 81.8. The molecule has 22 nitrogen and oxygen atoms in total. The van der Waals surface area contributed by atoms with E-state index in [2.05, 4.69) is 62.2 Å². The molecule has 4 atom stereocenters. The quantitative estimate of drug-likeness (QED) is 0.0550. The molecule has 26 heteroatoms. The van der Waals surface area contributed by atoms with E-state index in [4.69, 9.17) is 35.6 Å². The fourth-order valence-electron chi connectivity index (χ4n) is 11.2. The predicted molar refractivity (Wildman–Crippen MR) is 401 cm³/mol. The maximum atomic E-state index is 12.4. The highest BCUT2D eigenvalue weighted by molar-refractivity contribution is 8.13. The van der Waals surface area contributed by atoms with Crippen LogP contribution in [0.5, 0.6) is 0 Å². The number of hydrogen-bond donors (Lipinski definition) is 3. The van der Waals surface area contributed by atoms with Gasteiger partial charge in [0.2, 0.25) is 0 Å². The van der Waals surface area contributed by atoms with Crippen LogP contribution in [0.2, 0.25) is 0 Å². The van der Waals surface area contributed by atoms with Crippen molar-refractivity contribution in [1.29, 1.82) is 0 Å². The Bertz CT molecular complexity index is 4060. The largest absolute Gasteiger partial charge is 0.444 e. The van der Waals surface area contributed by atoms with Gasteiger partial charge in [0, 0.05) is 66.1 Å². The molecular formula is C77H104ClFN10O12S2. The van der Waals surface area contributed by atoms with Crippen LogP contribution in [-0.2, 0) is 50.7 Å². The molecule has 3 amide bonds. The third kappa shape index (κ3) is 29.0. The standard InChI is InChI=1S/C19H25N3O2.C17H25NO5S.C14H17N3.C10H19NO3.C9H8N2.C7H7ClO2S.CH3F/c1-19(2,3)24-18(23)22-12-7-10-16(22)14-21-13-11-17(20-21)15-8-5-4-6-9-15;1-13-7-9-15(10-8-13)24(20,21)22-12-14-6-5-11-18(14)16(19)23-17(2,3)4;1-2-5-12(6-3-1)14-8-10-17(16-14)11-13-7-4-9-15-13;1-10(2,3)14-9(13)11-6-4-5-8(11)7-12;1-2-4-8(5-3-1)9-6-7-10-11-9;1-6-2-4-7(5-3-6)11(8,9)10;1-2/h4-6,8-9,11,13,16H,7,10,12,14H2,1-3H3;7-10,14H,5-6,11-12H2,1-4H3;1-3,5-6,8,10,13,15H,4,7,9,11H2;8,12H,4-7H2,1-3H3;1-7H,(H,10,11);2-5H,1H3;1H3/t16-;14-;13-;8-;;;/m0000.../s1/i;;;;;;1D. The molecule has 3 N–H and O–H groups in total. The Balaban J connectivity index is 0.000000199. The highest BCUT2D eigenvalue weighted by atomic mass is 35.7. The molecule has 4 aliphatic heterocycles. The second-order valence-electron chi connectivity index (χ2n) is 28.1. The molecule has 8 aromatic rings. The smallest absolute Gasteiger partial charge is 0.410 e. The molecule has 12 rings (SSSR count). The topological polar surface area (TPSA) is 263 Å². The van der Waals surface area contributed by atoms with Crippen molar-refractivity contribution in [2.24, 2.45) is 0 Å². The number of carbonyl (C=O) groups is 3. The van der Waals surface area contributed by atoms with Crippen LogP contribution < -0.4 is 5.32 Å². The number of hydrogen-bond acceptors (Lipinski definition) is 16. The Morgan fingerprint density at radius 3 is 1.37 bits per heavy atom. The number of benzene rings is 5. The van der Waals surface area contributed by atoms with E-state index in [-0.39, 0.29) is 53.3 Å². The second kappa shape index (κ2) is 40.0. The van der Waals surface area contributed by atoms with Gasteiger partial charge in [-0.3, -0.25) is 23.0 Å². The summed E-state index contributed by atoms with van der Waals surface area (Å²) in [5.74, 6) is 0. The molecule has 0 bridgehead atoms. The number of nitrogens with one attached hydrogen (secondary N) is 2. The maximum Gasteiger partial charge on any atom is 0.410 e. The lowest BCUT2D eigenvalue weighted by Crippen LogP contribution is -2.42. The van der Waals surface area contributed by atoms with Crippen molar-refractivity contribution in [1.82, 2.24) is 49.8 Å². The minimum Gasteiger partial charge on any atom is -0.444 e. The summed E-state index contributed by atoms with van der Waals surface area (Å²) in [5.41, 5.74) is 7.01. The number of ether oxygens (including phenoxy) is 3. The Kier molecular flexibility index (Phi) is 31.8. The van der Waals surface area contributed by atoms with Crippen LogP contribution in [0, 0.1) is 13.8 Å². The monoisotopic (exact) mass is 1480 g/mol. The number of carbonyl (C=O) groups excluding carboxylic acids is 3. The number of aliphatic hydroxyl groups excluding tert-OH is 1.